The summed E-state index contributed by atoms with van der Waals surface area (Å²) in [7, 11) is 0. The first-order chi connectivity index (χ1) is 12.9. The molecule has 0 bridgehead atoms. The Morgan fingerprint density at radius 2 is 1.78 bits per heavy atom. The van der Waals surface area contributed by atoms with Gasteiger partial charge in [0.25, 0.3) is 5.91 Å². The summed E-state index contributed by atoms with van der Waals surface area (Å²) in [4.78, 5) is 27.8. The Bertz CT molecular complexity index is 855. The van der Waals surface area contributed by atoms with E-state index in [9.17, 15) is 18.4 Å². The Morgan fingerprint density at radius 1 is 1.04 bits per heavy atom. The van der Waals surface area contributed by atoms with Crippen molar-refractivity contribution in [2.75, 3.05) is 37.7 Å². The largest absolute Gasteiger partial charge is 0.452 e. The zero-order valence-corrected chi connectivity index (χ0v) is 15.1. The predicted octanol–water partition coefficient (Wildman–Crippen LogP) is 3.12. The van der Waals surface area contributed by atoms with Gasteiger partial charge in [-0.1, -0.05) is 17.7 Å². The molecule has 1 fully saturated rings. The third-order valence-corrected chi connectivity index (χ3v) is 4.52. The lowest BCUT2D eigenvalue weighted by molar-refractivity contribution is -0.134. The van der Waals surface area contributed by atoms with E-state index in [1.54, 1.807) is 11.0 Å². The Morgan fingerprint density at radius 3 is 2.44 bits per heavy atom. The minimum atomic E-state index is -1.03. The topological polar surface area (TPSA) is 49.9 Å². The van der Waals surface area contributed by atoms with Gasteiger partial charge in [-0.2, -0.15) is 0 Å². The van der Waals surface area contributed by atoms with Gasteiger partial charge in [0.05, 0.1) is 5.56 Å². The van der Waals surface area contributed by atoms with E-state index in [4.69, 9.17) is 16.3 Å². The van der Waals surface area contributed by atoms with Crippen molar-refractivity contribution in [2.45, 2.75) is 0 Å². The molecule has 142 valence electrons. The van der Waals surface area contributed by atoms with Crippen LogP contribution in [-0.4, -0.2) is 49.6 Å². The SMILES string of the molecule is O=C(OCC(=O)N1CCN(c2cccc(Cl)c2)CC1)c1ccc(F)cc1F. The lowest BCUT2D eigenvalue weighted by Gasteiger charge is -2.36. The predicted molar refractivity (Wildman–Crippen MR) is 96.9 cm³/mol. The summed E-state index contributed by atoms with van der Waals surface area (Å²) in [5.74, 6) is -3.18. The molecule has 1 amide bonds. The van der Waals surface area contributed by atoms with Gasteiger partial charge in [-0.15, -0.1) is 0 Å². The fraction of sp³-hybridized carbons (Fsp3) is 0.263. The third kappa shape index (κ3) is 4.74. The molecular weight excluding hydrogens is 378 g/mol. The van der Waals surface area contributed by atoms with Crippen LogP contribution in [0, 0.1) is 11.6 Å². The van der Waals surface area contributed by atoms with E-state index in [1.807, 2.05) is 18.2 Å². The Balaban J connectivity index is 1.50. The van der Waals surface area contributed by atoms with E-state index in [0.717, 1.165) is 17.8 Å². The maximum Gasteiger partial charge on any atom is 0.341 e. The first kappa shape index (κ1) is 19.1. The molecular formula is C19H17ClF2N2O3. The van der Waals surface area contributed by atoms with Crippen molar-refractivity contribution in [1.82, 2.24) is 4.90 Å². The van der Waals surface area contributed by atoms with Gasteiger partial charge in [0.1, 0.15) is 11.6 Å². The smallest absolute Gasteiger partial charge is 0.341 e. The molecule has 0 unspecified atom stereocenters. The molecule has 0 aromatic heterocycles. The summed E-state index contributed by atoms with van der Waals surface area (Å²) in [5, 5.41) is 0.644. The first-order valence-electron chi connectivity index (χ1n) is 8.34. The van der Waals surface area contributed by atoms with Crippen molar-refractivity contribution in [1.29, 1.82) is 0 Å². The molecule has 0 atom stereocenters. The number of piperazine rings is 1. The standard InChI is InChI=1S/C19H17ClF2N2O3/c20-13-2-1-3-15(10-13)23-6-8-24(9-7-23)18(25)12-27-19(26)16-5-4-14(21)11-17(16)22/h1-5,10-11H,6-9,12H2. The van der Waals surface area contributed by atoms with E-state index < -0.39 is 29.8 Å². The lowest BCUT2D eigenvalue weighted by atomic mass is 10.2. The highest BCUT2D eigenvalue weighted by atomic mass is 35.5. The van der Waals surface area contributed by atoms with Gasteiger partial charge in [-0.05, 0) is 30.3 Å². The number of amides is 1. The van der Waals surface area contributed by atoms with Crippen LogP contribution in [0.2, 0.25) is 5.02 Å². The van der Waals surface area contributed by atoms with E-state index in [-0.39, 0.29) is 5.91 Å². The number of hydrogen-bond donors (Lipinski definition) is 0. The second-order valence-corrected chi connectivity index (χ2v) is 6.48. The fourth-order valence-corrected chi connectivity index (χ4v) is 3.02. The van der Waals surface area contributed by atoms with Gasteiger partial charge in [-0.3, -0.25) is 4.79 Å². The number of hydrogen-bond acceptors (Lipinski definition) is 4. The average Bonchev–Trinajstić information content (AvgIpc) is 2.66. The molecule has 27 heavy (non-hydrogen) atoms. The molecule has 1 aliphatic rings. The molecule has 1 aliphatic heterocycles. The highest BCUT2D eigenvalue weighted by Gasteiger charge is 2.23. The minimum Gasteiger partial charge on any atom is -0.452 e. The van der Waals surface area contributed by atoms with Crippen LogP contribution in [0.1, 0.15) is 10.4 Å². The highest BCUT2D eigenvalue weighted by Crippen LogP contribution is 2.20. The normalized spacial score (nSPS) is 14.2. The maximum atomic E-state index is 13.6. The van der Waals surface area contributed by atoms with Crippen molar-refractivity contribution >= 4 is 29.2 Å². The summed E-state index contributed by atoms with van der Waals surface area (Å²) in [5.41, 5.74) is 0.572. The minimum absolute atomic E-state index is 0.364. The van der Waals surface area contributed by atoms with Crippen LogP contribution in [0.25, 0.3) is 0 Å². The van der Waals surface area contributed by atoms with Crippen LogP contribution < -0.4 is 4.90 Å². The van der Waals surface area contributed by atoms with Crippen LogP contribution in [0.15, 0.2) is 42.5 Å². The zero-order valence-electron chi connectivity index (χ0n) is 14.3. The van der Waals surface area contributed by atoms with Gasteiger partial charge in [0.15, 0.2) is 6.61 Å². The van der Waals surface area contributed by atoms with Crippen LogP contribution in [-0.2, 0) is 9.53 Å². The van der Waals surface area contributed by atoms with Gasteiger partial charge in [0, 0.05) is 43.0 Å². The lowest BCUT2D eigenvalue weighted by Crippen LogP contribution is -2.49. The van der Waals surface area contributed by atoms with Crippen LogP contribution >= 0.6 is 11.6 Å². The van der Waals surface area contributed by atoms with Crippen LogP contribution in [0.3, 0.4) is 0 Å². The van der Waals surface area contributed by atoms with E-state index in [0.29, 0.717) is 37.3 Å². The molecule has 1 saturated heterocycles. The van der Waals surface area contributed by atoms with E-state index >= 15 is 0 Å². The van der Waals surface area contributed by atoms with Crippen molar-refractivity contribution in [3.63, 3.8) is 0 Å². The summed E-state index contributed by atoms with van der Waals surface area (Å²) in [6.45, 7) is 1.67. The molecule has 0 saturated carbocycles. The van der Waals surface area contributed by atoms with Crippen LogP contribution in [0.5, 0.6) is 0 Å². The number of esters is 1. The summed E-state index contributed by atoms with van der Waals surface area (Å²) in [6, 6.07) is 10.00. The van der Waals surface area contributed by atoms with Crippen LogP contribution in [0.4, 0.5) is 14.5 Å². The highest BCUT2D eigenvalue weighted by molar-refractivity contribution is 6.30. The van der Waals surface area contributed by atoms with Crippen molar-refractivity contribution in [3.8, 4) is 0 Å². The quantitative estimate of drug-likeness (QED) is 0.748. The fourth-order valence-electron chi connectivity index (χ4n) is 2.84. The molecule has 0 aliphatic carbocycles. The summed E-state index contributed by atoms with van der Waals surface area (Å²) < 4.78 is 31.3. The number of benzene rings is 2. The molecule has 0 N–H and O–H groups in total. The monoisotopic (exact) mass is 394 g/mol. The Hall–Kier alpha value is -2.67. The van der Waals surface area contributed by atoms with Gasteiger partial charge in [-0.25, -0.2) is 13.6 Å². The molecule has 3 rings (SSSR count). The van der Waals surface area contributed by atoms with Gasteiger partial charge < -0.3 is 14.5 Å². The molecule has 2 aromatic carbocycles. The van der Waals surface area contributed by atoms with E-state index in [1.165, 1.54) is 0 Å². The van der Waals surface area contributed by atoms with Crippen molar-refractivity contribution < 1.29 is 23.1 Å². The maximum absolute atomic E-state index is 13.6. The molecule has 2 aromatic rings. The van der Waals surface area contributed by atoms with Crippen molar-refractivity contribution in [3.05, 3.63) is 64.7 Å². The number of anilines is 1. The number of carbonyl (C=O) groups is 2. The van der Waals surface area contributed by atoms with E-state index in [2.05, 4.69) is 4.90 Å². The summed E-state index contributed by atoms with van der Waals surface area (Å²) >= 11 is 6.00. The van der Waals surface area contributed by atoms with Gasteiger partial charge in [0.2, 0.25) is 0 Å². The Kier molecular flexibility index (Phi) is 5.91. The van der Waals surface area contributed by atoms with Crippen molar-refractivity contribution in [2.24, 2.45) is 0 Å². The third-order valence-electron chi connectivity index (χ3n) is 4.28. The number of nitrogens with zero attached hydrogens (tertiary/aromatic N) is 2. The zero-order chi connectivity index (χ0) is 19.4. The second-order valence-electron chi connectivity index (χ2n) is 6.05. The number of carbonyl (C=O) groups excluding carboxylic acids is 2. The molecule has 0 radical (unpaired) electrons. The molecule has 8 heteroatoms. The van der Waals surface area contributed by atoms with Gasteiger partial charge >= 0.3 is 5.97 Å². The molecule has 0 spiro atoms. The number of rotatable bonds is 4. The average molecular weight is 395 g/mol. The Labute approximate surface area is 160 Å². The first-order valence-corrected chi connectivity index (χ1v) is 8.72. The number of halogens is 3. The summed E-state index contributed by atoms with van der Waals surface area (Å²) in [6.07, 6.45) is 0. The molecule has 1 heterocycles. The molecule has 5 nitrogen and oxygen atoms in total. The second kappa shape index (κ2) is 8.35. The number of ether oxygens (including phenoxy) is 1.